The van der Waals surface area contributed by atoms with Crippen molar-refractivity contribution in [3.63, 3.8) is 0 Å². The molecular weight excluding hydrogens is 194 g/mol. The molecule has 0 aromatic heterocycles. The molecule has 0 amide bonds. The summed E-state index contributed by atoms with van der Waals surface area (Å²) >= 11 is 0. The van der Waals surface area contributed by atoms with Gasteiger partial charge >= 0.3 is 0 Å². The first-order valence-electron chi connectivity index (χ1n) is 6.03. The van der Waals surface area contributed by atoms with Crippen molar-refractivity contribution < 1.29 is 0 Å². The van der Waals surface area contributed by atoms with E-state index in [0.717, 1.165) is 6.54 Å². The predicted octanol–water partition coefficient (Wildman–Crippen LogP) is 3.90. The van der Waals surface area contributed by atoms with Gasteiger partial charge in [0.05, 0.1) is 0 Å². The van der Waals surface area contributed by atoms with Gasteiger partial charge in [0.15, 0.2) is 0 Å². The van der Waals surface area contributed by atoms with E-state index >= 15 is 0 Å². The number of rotatable bonds is 4. The van der Waals surface area contributed by atoms with Crippen molar-refractivity contribution in [3.05, 3.63) is 48.0 Å². The van der Waals surface area contributed by atoms with E-state index in [4.69, 9.17) is 0 Å². The van der Waals surface area contributed by atoms with Crippen molar-refractivity contribution >= 4 is 10.8 Å². The van der Waals surface area contributed by atoms with Gasteiger partial charge in [-0.2, -0.15) is 0 Å². The largest absolute Gasteiger partial charge is 0.310 e. The average Bonchev–Trinajstić information content (AvgIpc) is 2.35. The zero-order valence-corrected chi connectivity index (χ0v) is 10.0. The molecule has 0 saturated heterocycles. The number of fused-ring (bicyclic) bond motifs is 1. The van der Waals surface area contributed by atoms with Crippen molar-refractivity contribution in [2.75, 3.05) is 6.54 Å². The number of nitrogens with one attached hydrogen (secondary N) is 1. The van der Waals surface area contributed by atoms with Crippen LogP contribution in [-0.2, 0) is 0 Å². The van der Waals surface area contributed by atoms with Crippen LogP contribution >= 0.6 is 0 Å². The first-order valence-corrected chi connectivity index (χ1v) is 6.03. The Bertz CT molecular complexity index is 462. The van der Waals surface area contributed by atoms with Crippen LogP contribution in [0.5, 0.6) is 0 Å². The summed E-state index contributed by atoms with van der Waals surface area (Å²) in [6.07, 6.45) is 1.18. The minimum Gasteiger partial charge on any atom is -0.310 e. The fourth-order valence-electron chi connectivity index (χ4n) is 1.96. The van der Waals surface area contributed by atoms with Crippen LogP contribution in [0.2, 0.25) is 0 Å². The van der Waals surface area contributed by atoms with Gasteiger partial charge in [-0.25, -0.2) is 0 Å². The standard InChI is InChI=1S/C15H19N/c1-3-10-16-12(2)14-9-8-13-6-4-5-7-15(13)11-14/h4-9,11-12,16H,3,10H2,1-2H3. The molecule has 16 heavy (non-hydrogen) atoms. The van der Waals surface area contributed by atoms with E-state index in [1.54, 1.807) is 0 Å². The van der Waals surface area contributed by atoms with Crippen molar-refractivity contribution in [2.24, 2.45) is 0 Å². The monoisotopic (exact) mass is 213 g/mol. The lowest BCUT2D eigenvalue weighted by Crippen LogP contribution is -2.19. The molecule has 0 aliphatic rings. The Morgan fingerprint density at radius 3 is 2.56 bits per heavy atom. The van der Waals surface area contributed by atoms with Gasteiger partial charge in [0.25, 0.3) is 0 Å². The van der Waals surface area contributed by atoms with Gasteiger partial charge in [-0.15, -0.1) is 0 Å². The Hall–Kier alpha value is -1.34. The molecule has 2 rings (SSSR count). The molecule has 1 heteroatoms. The molecule has 0 spiro atoms. The topological polar surface area (TPSA) is 12.0 Å². The van der Waals surface area contributed by atoms with Gasteiger partial charge < -0.3 is 5.32 Å². The summed E-state index contributed by atoms with van der Waals surface area (Å²) in [6, 6.07) is 15.6. The second-order valence-corrected chi connectivity index (χ2v) is 4.28. The highest BCUT2D eigenvalue weighted by Gasteiger charge is 2.04. The van der Waals surface area contributed by atoms with Crippen LogP contribution in [0.15, 0.2) is 42.5 Å². The van der Waals surface area contributed by atoms with Gasteiger partial charge in [-0.3, -0.25) is 0 Å². The average molecular weight is 213 g/mol. The quantitative estimate of drug-likeness (QED) is 0.812. The number of hydrogen-bond acceptors (Lipinski definition) is 1. The van der Waals surface area contributed by atoms with E-state index in [2.05, 4.69) is 61.6 Å². The Morgan fingerprint density at radius 2 is 1.81 bits per heavy atom. The minimum absolute atomic E-state index is 0.435. The molecule has 0 saturated carbocycles. The number of hydrogen-bond donors (Lipinski definition) is 1. The van der Waals surface area contributed by atoms with Gasteiger partial charge in [-0.05, 0) is 42.3 Å². The smallest absolute Gasteiger partial charge is 0.0292 e. The fourth-order valence-corrected chi connectivity index (χ4v) is 1.96. The highest BCUT2D eigenvalue weighted by Crippen LogP contribution is 2.19. The Balaban J connectivity index is 2.25. The lowest BCUT2D eigenvalue weighted by atomic mass is 10.0. The molecule has 1 atom stereocenters. The van der Waals surface area contributed by atoms with Crippen molar-refractivity contribution in [3.8, 4) is 0 Å². The summed E-state index contributed by atoms with van der Waals surface area (Å²) in [6.45, 7) is 5.49. The zero-order chi connectivity index (χ0) is 11.4. The summed E-state index contributed by atoms with van der Waals surface area (Å²) in [4.78, 5) is 0. The summed E-state index contributed by atoms with van der Waals surface area (Å²) in [5.74, 6) is 0. The zero-order valence-electron chi connectivity index (χ0n) is 10.0. The number of benzene rings is 2. The van der Waals surface area contributed by atoms with Crippen LogP contribution < -0.4 is 5.32 Å². The maximum Gasteiger partial charge on any atom is 0.0292 e. The van der Waals surface area contributed by atoms with Crippen LogP contribution in [0.25, 0.3) is 10.8 Å². The molecule has 0 heterocycles. The van der Waals surface area contributed by atoms with Crippen LogP contribution in [0.4, 0.5) is 0 Å². The summed E-state index contributed by atoms with van der Waals surface area (Å²) in [5.41, 5.74) is 1.37. The third-order valence-corrected chi connectivity index (χ3v) is 2.97. The maximum absolute atomic E-state index is 3.51. The normalized spacial score (nSPS) is 12.9. The fraction of sp³-hybridized carbons (Fsp3) is 0.333. The molecule has 0 radical (unpaired) electrons. The summed E-state index contributed by atoms with van der Waals surface area (Å²) < 4.78 is 0. The van der Waals surface area contributed by atoms with E-state index in [-0.39, 0.29) is 0 Å². The highest BCUT2D eigenvalue weighted by molar-refractivity contribution is 5.83. The first-order chi connectivity index (χ1) is 7.81. The molecule has 2 aromatic rings. The molecular formula is C15H19N. The molecule has 1 nitrogen and oxygen atoms in total. The third kappa shape index (κ3) is 2.42. The molecule has 0 aliphatic carbocycles. The predicted molar refractivity (Wildman–Crippen MR) is 70.7 cm³/mol. The van der Waals surface area contributed by atoms with Crippen molar-refractivity contribution in [2.45, 2.75) is 26.3 Å². The SMILES string of the molecule is CCCNC(C)c1ccc2ccccc2c1. The van der Waals surface area contributed by atoms with Crippen LogP contribution in [-0.4, -0.2) is 6.54 Å². The van der Waals surface area contributed by atoms with Crippen LogP contribution in [0.1, 0.15) is 31.9 Å². The maximum atomic E-state index is 3.51. The van der Waals surface area contributed by atoms with Gasteiger partial charge in [0.1, 0.15) is 0 Å². The third-order valence-electron chi connectivity index (χ3n) is 2.97. The van der Waals surface area contributed by atoms with E-state index in [9.17, 15) is 0 Å². The Morgan fingerprint density at radius 1 is 1.06 bits per heavy atom. The molecule has 1 unspecified atom stereocenters. The van der Waals surface area contributed by atoms with Gasteiger partial charge in [0, 0.05) is 6.04 Å². The van der Waals surface area contributed by atoms with Crippen molar-refractivity contribution in [1.29, 1.82) is 0 Å². The molecule has 0 fully saturated rings. The summed E-state index contributed by atoms with van der Waals surface area (Å²) in [7, 11) is 0. The molecule has 0 bridgehead atoms. The Kier molecular flexibility index (Phi) is 3.58. The molecule has 2 aromatic carbocycles. The van der Waals surface area contributed by atoms with Crippen LogP contribution in [0.3, 0.4) is 0 Å². The van der Waals surface area contributed by atoms with E-state index < -0.39 is 0 Å². The molecule has 0 aliphatic heterocycles. The lowest BCUT2D eigenvalue weighted by Gasteiger charge is -2.14. The van der Waals surface area contributed by atoms with E-state index in [1.165, 1.54) is 22.8 Å². The van der Waals surface area contributed by atoms with Crippen molar-refractivity contribution in [1.82, 2.24) is 5.32 Å². The second kappa shape index (κ2) is 5.13. The minimum atomic E-state index is 0.435. The lowest BCUT2D eigenvalue weighted by molar-refractivity contribution is 0.571. The van der Waals surface area contributed by atoms with Crippen LogP contribution in [0, 0.1) is 0 Å². The Labute approximate surface area is 97.5 Å². The highest BCUT2D eigenvalue weighted by atomic mass is 14.9. The van der Waals surface area contributed by atoms with Gasteiger partial charge in [0.2, 0.25) is 0 Å². The van der Waals surface area contributed by atoms with E-state index in [1.807, 2.05) is 0 Å². The first kappa shape index (κ1) is 11.2. The second-order valence-electron chi connectivity index (χ2n) is 4.28. The molecule has 84 valence electrons. The van der Waals surface area contributed by atoms with Gasteiger partial charge in [-0.1, -0.05) is 43.3 Å². The molecule has 1 N–H and O–H groups in total. The van der Waals surface area contributed by atoms with E-state index in [0.29, 0.717) is 6.04 Å². The summed E-state index contributed by atoms with van der Waals surface area (Å²) in [5, 5.41) is 6.15.